The summed E-state index contributed by atoms with van der Waals surface area (Å²) in [6.45, 7) is 2.13. The van der Waals surface area contributed by atoms with Gasteiger partial charge in [0.05, 0.1) is 24.1 Å². The van der Waals surface area contributed by atoms with Crippen LogP contribution < -0.4 is 10.1 Å². The maximum atomic E-state index is 12.9. The molecule has 1 N–H and O–H groups in total. The van der Waals surface area contributed by atoms with Gasteiger partial charge in [0.25, 0.3) is 11.8 Å². The summed E-state index contributed by atoms with van der Waals surface area (Å²) in [5, 5.41) is 6.78. The Labute approximate surface area is 172 Å². The molecule has 2 aromatic heterocycles. The maximum absolute atomic E-state index is 12.9. The summed E-state index contributed by atoms with van der Waals surface area (Å²) >= 11 is 0. The number of carbonyl (C=O) groups excluding carboxylic acids is 2. The lowest BCUT2D eigenvalue weighted by atomic mass is 9.88. The third-order valence-corrected chi connectivity index (χ3v) is 5.46. The molecule has 154 valence electrons. The largest absolute Gasteiger partial charge is 0.482 e. The number of anilines is 1. The summed E-state index contributed by atoms with van der Waals surface area (Å²) in [5.41, 5.74) is 1.91. The van der Waals surface area contributed by atoms with Crippen LogP contribution in [0, 0.1) is 5.92 Å². The molecule has 30 heavy (non-hydrogen) atoms. The van der Waals surface area contributed by atoms with Crippen molar-refractivity contribution in [1.29, 1.82) is 0 Å². The van der Waals surface area contributed by atoms with Crippen molar-refractivity contribution in [2.45, 2.75) is 19.4 Å². The summed E-state index contributed by atoms with van der Waals surface area (Å²) in [4.78, 5) is 31.1. The standard InChI is InChI=1S/C21H20N4O5/c26-19-12-29-17-2-1-14(9-16(17)22-19)20(27)13-3-6-25(7-4-13)10-18-23-21(30-24-18)15-5-8-28-11-15/h1-2,5,8-9,11,13H,3-4,6-7,10,12H2,(H,22,26). The van der Waals surface area contributed by atoms with Crippen molar-refractivity contribution in [2.24, 2.45) is 5.92 Å². The molecule has 2 aliphatic rings. The highest BCUT2D eigenvalue weighted by molar-refractivity contribution is 6.01. The molecule has 0 radical (unpaired) electrons. The number of ether oxygens (including phenoxy) is 1. The number of amides is 1. The number of hydrogen-bond acceptors (Lipinski definition) is 8. The fourth-order valence-electron chi connectivity index (χ4n) is 3.85. The van der Waals surface area contributed by atoms with Gasteiger partial charge >= 0.3 is 0 Å². The van der Waals surface area contributed by atoms with Crippen LogP contribution in [-0.2, 0) is 11.3 Å². The van der Waals surface area contributed by atoms with Crippen LogP contribution in [0.4, 0.5) is 5.69 Å². The zero-order valence-electron chi connectivity index (χ0n) is 16.2. The normalized spacial score (nSPS) is 17.3. The monoisotopic (exact) mass is 408 g/mol. The van der Waals surface area contributed by atoms with E-state index in [1.807, 2.05) is 0 Å². The van der Waals surface area contributed by atoms with Crippen LogP contribution in [0.25, 0.3) is 11.5 Å². The second kappa shape index (κ2) is 7.75. The molecule has 4 heterocycles. The van der Waals surface area contributed by atoms with E-state index >= 15 is 0 Å². The lowest BCUT2D eigenvalue weighted by molar-refractivity contribution is -0.118. The van der Waals surface area contributed by atoms with E-state index in [0.717, 1.165) is 31.5 Å². The maximum Gasteiger partial charge on any atom is 0.262 e. The molecule has 1 fully saturated rings. The van der Waals surface area contributed by atoms with Crippen molar-refractivity contribution in [2.75, 3.05) is 25.0 Å². The van der Waals surface area contributed by atoms with Gasteiger partial charge in [-0.15, -0.1) is 0 Å². The molecular weight excluding hydrogens is 388 g/mol. The summed E-state index contributed by atoms with van der Waals surface area (Å²) in [7, 11) is 0. The van der Waals surface area contributed by atoms with Gasteiger partial charge in [-0.25, -0.2) is 0 Å². The highest BCUT2D eigenvalue weighted by atomic mass is 16.5. The fraction of sp³-hybridized carbons (Fsp3) is 0.333. The van der Waals surface area contributed by atoms with E-state index in [4.69, 9.17) is 13.7 Å². The molecule has 0 aliphatic carbocycles. The van der Waals surface area contributed by atoms with Gasteiger partial charge in [0, 0.05) is 11.5 Å². The number of Topliss-reactive ketones (excluding diaryl/α,β-unsaturated/α-hetero) is 1. The molecule has 9 heteroatoms. The van der Waals surface area contributed by atoms with E-state index < -0.39 is 0 Å². The minimum Gasteiger partial charge on any atom is -0.482 e. The average Bonchev–Trinajstić information content (AvgIpc) is 3.45. The molecule has 9 nitrogen and oxygen atoms in total. The number of piperidine rings is 1. The first-order valence-electron chi connectivity index (χ1n) is 9.84. The Morgan fingerprint density at radius 2 is 2.10 bits per heavy atom. The first-order valence-corrected chi connectivity index (χ1v) is 9.84. The van der Waals surface area contributed by atoms with Crippen molar-refractivity contribution >= 4 is 17.4 Å². The third-order valence-electron chi connectivity index (χ3n) is 5.46. The summed E-state index contributed by atoms with van der Waals surface area (Å²) in [6.07, 6.45) is 4.63. The van der Waals surface area contributed by atoms with Gasteiger partial charge < -0.3 is 19.0 Å². The van der Waals surface area contributed by atoms with Crippen LogP contribution >= 0.6 is 0 Å². The molecule has 1 saturated heterocycles. The van der Waals surface area contributed by atoms with Gasteiger partial charge in [0.1, 0.15) is 12.0 Å². The number of furan rings is 1. The molecule has 2 aliphatic heterocycles. The molecule has 1 amide bonds. The quantitative estimate of drug-likeness (QED) is 0.642. The number of likely N-dealkylation sites (tertiary alicyclic amines) is 1. The van der Waals surface area contributed by atoms with Gasteiger partial charge in [-0.3, -0.25) is 14.5 Å². The second-order valence-corrected chi connectivity index (χ2v) is 7.49. The minimum atomic E-state index is -0.210. The first-order chi connectivity index (χ1) is 14.7. The van der Waals surface area contributed by atoms with Crippen LogP contribution in [0.3, 0.4) is 0 Å². The zero-order chi connectivity index (χ0) is 20.5. The van der Waals surface area contributed by atoms with Crippen LogP contribution in [0.2, 0.25) is 0 Å². The molecule has 3 aromatic rings. The van der Waals surface area contributed by atoms with Crippen LogP contribution in [0.15, 0.2) is 45.7 Å². The van der Waals surface area contributed by atoms with Crippen molar-refractivity contribution in [1.82, 2.24) is 15.0 Å². The molecule has 5 rings (SSSR count). The van der Waals surface area contributed by atoms with Crippen LogP contribution in [0.1, 0.15) is 29.0 Å². The number of ketones is 1. The molecule has 0 bridgehead atoms. The Morgan fingerprint density at radius 3 is 2.90 bits per heavy atom. The molecule has 1 aromatic carbocycles. The molecule has 0 spiro atoms. The molecule has 0 atom stereocenters. The van der Waals surface area contributed by atoms with Crippen LogP contribution in [0.5, 0.6) is 5.75 Å². The SMILES string of the molecule is O=C1COc2ccc(C(=O)C3CCN(Cc4noc(-c5ccoc5)n4)CC3)cc2N1. The predicted octanol–water partition coefficient (Wildman–Crippen LogP) is 2.76. The highest BCUT2D eigenvalue weighted by Crippen LogP contribution is 2.31. The van der Waals surface area contributed by atoms with E-state index in [-0.39, 0.29) is 24.2 Å². The lowest BCUT2D eigenvalue weighted by Gasteiger charge is -2.30. The Morgan fingerprint density at radius 1 is 1.23 bits per heavy atom. The van der Waals surface area contributed by atoms with Crippen molar-refractivity contribution in [3.63, 3.8) is 0 Å². The Kier molecular flexibility index (Phi) is 4.80. The van der Waals surface area contributed by atoms with E-state index in [9.17, 15) is 9.59 Å². The van der Waals surface area contributed by atoms with Crippen molar-refractivity contribution in [3.05, 3.63) is 48.2 Å². The number of nitrogens with one attached hydrogen (secondary N) is 1. The Balaban J connectivity index is 1.18. The number of hydrogen-bond donors (Lipinski definition) is 1. The van der Waals surface area contributed by atoms with E-state index in [1.165, 1.54) is 0 Å². The molecule has 0 unspecified atom stereocenters. The average molecular weight is 408 g/mol. The van der Waals surface area contributed by atoms with Gasteiger partial charge in [-0.05, 0) is 50.2 Å². The first kappa shape index (κ1) is 18.6. The molecule has 0 saturated carbocycles. The fourth-order valence-corrected chi connectivity index (χ4v) is 3.85. The molecular formula is C21H20N4O5. The number of benzene rings is 1. The summed E-state index contributed by atoms with van der Waals surface area (Å²) in [6, 6.07) is 6.98. The van der Waals surface area contributed by atoms with E-state index in [2.05, 4.69) is 20.4 Å². The Hall–Kier alpha value is -3.46. The van der Waals surface area contributed by atoms with Crippen molar-refractivity contribution in [3.8, 4) is 17.2 Å². The number of rotatable bonds is 5. The van der Waals surface area contributed by atoms with Gasteiger partial charge in [0.2, 0.25) is 0 Å². The van der Waals surface area contributed by atoms with Gasteiger partial charge in [-0.1, -0.05) is 5.16 Å². The number of fused-ring (bicyclic) bond motifs is 1. The Bertz CT molecular complexity index is 1070. The minimum absolute atomic E-state index is 0.00268. The predicted molar refractivity (Wildman–Crippen MR) is 105 cm³/mol. The third kappa shape index (κ3) is 3.71. The highest BCUT2D eigenvalue weighted by Gasteiger charge is 2.28. The van der Waals surface area contributed by atoms with Crippen molar-refractivity contribution < 1.29 is 23.3 Å². The number of nitrogens with zero attached hydrogens (tertiary/aromatic N) is 3. The zero-order valence-corrected chi connectivity index (χ0v) is 16.2. The summed E-state index contributed by atoms with van der Waals surface area (Å²) < 4.78 is 15.7. The van der Waals surface area contributed by atoms with E-state index in [1.54, 1.807) is 36.8 Å². The topological polar surface area (TPSA) is 111 Å². The lowest BCUT2D eigenvalue weighted by Crippen LogP contribution is -2.36. The second-order valence-electron chi connectivity index (χ2n) is 7.49. The number of carbonyl (C=O) groups is 2. The smallest absolute Gasteiger partial charge is 0.262 e. The van der Waals surface area contributed by atoms with Gasteiger partial charge in [0.15, 0.2) is 18.2 Å². The number of aromatic nitrogens is 2. The van der Waals surface area contributed by atoms with E-state index in [0.29, 0.717) is 35.3 Å². The van der Waals surface area contributed by atoms with Crippen LogP contribution in [-0.4, -0.2) is 46.4 Å². The van der Waals surface area contributed by atoms with Gasteiger partial charge in [-0.2, -0.15) is 4.98 Å². The summed E-state index contributed by atoms with van der Waals surface area (Å²) in [5.74, 6) is 1.48.